The molecule has 0 spiro atoms. The van der Waals surface area contributed by atoms with Crippen molar-refractivity contribution < 1.29 is 50.7 Å². The first kappa shape index (κ1) is 26.8. The molecule has 1 aliphatic carbocycles. The quantitative estimate of drug-likeness (QED) is 0.313. The molecule has 1 aliphatic rings. The van der Waals surface area contributed by atoms with Gasteiger partial charge in [-0.3, -0.25) is 0 Å². The van der Waals surface area contributed by atoms with E-state index in [1.54, 1.807) is 0 Å². The standard InChI is InChI=1S/C27H27.2ClH.Hf/c1-18-11-13-23(14-12-18)25-15-19(2)22(5)26(25)27(16-20(3)21(4)17-27)24-9-7-6-8-10-24;;;/h6-17H,1-5H3;2*1H;/q-1;;;/p-2. The first-order valence-corrected chi connectivity index (χ1v) is 9.71. The monoisotopic (exact) mass is 601 g/mol. The van der Waals surface area contributed by atoms with Crippen LogP contribution in [-0.2, 0) is 31.3 Å². The number of benzene rings is 2. The maximum absolute atomic E-state index is 2.46. The van der Waals surface area contributed by atoms with Gasteiger partial charge in [0.05, 0.1) is 0 Å². The van der Waals surface area contributed by atoms with Gasteiger partial charge in [0.25, 0.3) is 0 Å². The van der Waals surface area contributed by atoms with Gasteiger partial charge in [-0.15, -0.1) is 34.9 Å². The van der Waals surface area contributed by atoms with E-state index in [1.165, 1.54) is 50.1 Å². The fraction of sp³-hybridized carbons (Fsp3) is 0.222. The summed E-state index contributed by atoms with van der Waals surface area (Å²) in [7, 11) is 0. The number of hydrogen-bond donors (Lipinski definition) is 0. The van der Waals surface area contributed by atoms with Crippen LogP contribution in [0.5, 0.6) is 0 Å². The van der Waals surface area contributed by atoms with Gasteiger partial charge < -0.3 is 24.8 Å². The summed E-state index contributed by atoms with van der Waals surface area (Å²) in [5, 5.41) is 0. The zero-order valence-corrected chi connectivity index (χ0v) is 23.3. The van der Waals surface area contributed by atoms with Crippen LogP contribution >= 0.6 is 0 Å². The van der Waals surface area contributed by atoms with Gasteiger partial charge in [0.2, 0.25) is 0 Å². The fourth-order valence-corrected chi connectivity index (χ4v) is 4.41. The Morgan fingerprint density at radius 1 is 0.700 bits per heavy atom. The van der Waals surface area contributed by atoms with E-state index in [0.29, 0.717) is 0 Å². The summed E-state index contributed by atoms with van der Waals surface area (Å²) in [4.78, 5) is 0. The Morgan fingerprint density at radius 3 is 1.77 bits per heavy atom. The van der Waals surface area contributed by atoms with Crippen LogP contribution in [0.3, 0.4) is 0 Å². The molecule has 3 aromatic rings. The number of allylic oxidation sites excluding steroid dienone is 4. The van der Waals surface area contributed by atoms with E-state index in [-0.39, 0.29) is 56.1 Å². The van der Waals surface area contributed by atoms with Crippen molar-refractivity contribution in [1.29, 1.82) is 0 Å². The van der Waals surface area contributed by atoms with Crippen LogP contribution < -0.4 is 24.8 Å². The molecular formula is C27H27Cl2Hf-3. The molecule has 0 nitrogen and oxygen atoms in total. The van der Waals surface area contributed by atoms with Crippen molar-refractivity contribution in [1.82, 2.24) is 0 Å². The van der Waals surface area contributed by atoms with Crippen molar-refractivity contribution in [3.05, 3.63) is 112 Å². The maximum atomic E-state index is 2.46. The Hall–Kier alpha value is -1.28. The number of halogens is 2. The molecule has 0 atom stereocenters. The average molecular weight is 601 g/mol. The van der Waals surface area contributed by atoms with Crippen molar-refractivity contribution >= 4 is 0 Å². The van der Waals surface area contributed by atoms with E-state index in [1.807, 2.05) is 0 Å². The molecule has 4 rings (SSSR count). The Bertz CT molecular complexity index is 1040. The Balaban J connectivity index is 0.00000150. The van der Waals surface area contributed by atoms with Crippen LogP contribution in [0.2, 0.25) is 0 Å². The SMILES string of the molecule is CC1=CC(c2ccccc2)(c2c(C)c(C)c[c-]2-c2ccc(C)cc2)C=C1C.[Cl-].[Cl-].[Hf]. The number of aryl methyl sites for hydroxylation is 2. The van der Waals surface area contributed by atoms with Crippen molar-refractivity contribution in [2.45, 2.75) is 40.0 Å². The molecule has 0 aromatic heterocycles. The molecule has 0 aliphatic heterocycles. The summed E-state index contributed by atoms with van der Waals surface area (Å²) in [5.74, 6) is 0. The predicted molar refractivity (Wildman–Crippen MR) is 116 cm³/mol. The third-order valence-corrected chi connectivity index (χ3v) is 6.13. The van der Waals surface area contributed by atoms with Crippen LogP contribution in [0.1, 0.15) is 41.7 Å². The predicted octanol–water partition coefficient (Wildman–Crippen LogP) is 1.20. The van der Waals surface area contributed by atoms with Gasteiger partial charge in [0.15, 0.2) is 0 Å². The van der Waals surface area contributed by atoms with E-state index in [0.717, 1.165) is 0 Å². The number of rotatable bonds is 3. The second-order valence-corrected chi connectivity index (χ2v) is 8.00. The van der Waals surface area contributed by atoms with Gasteiger partial charge in [-0.25, -0.2) is 0 Å². The topological polar surface area (TPSA) is 0 Å². The van der Waals surface area contributed by atoms with Gasteiger partial charge in [0, 0.05) is 31.3 Å². The fourth-order valence-electron chi connectivity index (χ4n) is 4.41. The first-order chi connectivity index (χ1) is 12.9. The molecule has 30 heavy (non-hydrogen) atoms. The Morgan fingerprint density at radius 2 is 1.23 bits per heavy atom. The summed E-state index contributed by atoms with van der Waals surface area (Å²) in [6.45, 7) is 11.1. The second-order valence-electron chi connectivity index (χ2n) is 8.00. The molecule has 3 heteroatoms. The van der Waals surface area contributed by atoms with Crippen molar-refractivity contribution in [3.8, 4) is 11.1 Å². The summed E-state index contributed by atoms with van der Waals surface area (Å²) in [5.41, 5.74) is 12.0. The van der Waals surface area contributed by atoms with E-state index >= 15 is 0 Å². The van der Waals surface area contributed by atoms with E-state index in [9.17, 15) is 0 Å². The number of hydrogen-bond acceptors (Lipinski definition) is 0. The largest absolute Gasteiger partial charge is 1.00 e. The summed E-state index contributed by atoms with van der Waals surface area (Å²) < 4.78 is 0. The zero-order chi connectivity index (χ0) is 19.2. The van der Waals surface area contributed by atoms with Crippen molar-refractivity contribution in [2.75, 3.05) is 0 Å². The maximum Gasteiger partial charge on any atom is 0.0441 e. The zero-order valence-electron chi connectivity index (χ0n) is 18.2. The van der Waals surface area contributed by atoms with E-state index < -0.39 is 0 Å². The minimum absolute atomic E-state index is 0. The van der Waals surface area contributed by atoms with Crippen LogP contribution in [0.15, 0.2) is 84.0 Å². The van der Waals surface area contributed by atoms with Crippen molar-refractivity contribution in [2.24, 2.45) is 0 Å². The Kier molecular flexibility index (Phi) is 9.23. The van der Waals surface area contributed by atoms with Gasteiger partial charge in [-0.1, -0.05) is 96.3 Å². The average Bonchev–Trinajstić information content (AvgIpc) is 3.14. The minimum Gasteiger partial charge on any atom is -1.00 e. The third-order valence-electron chi connectivity index (χ3n) is 6.13. The van der Waals surface area contributed by atoms with Gasteiger partial charge in [-0.2, -0.15) is 0 Å². The summed E-state index contributed by atoms with van der Waals surface area (Å²) in [6, 6.07) is 22.2. The minimum atomic E-state index is -0.200. The summed E-state index contributed by atoms with van der Waals surface area (Å²) >= 11 is 0. The summed E-state index contributed by atoms with van der Waals surface area (Å²) in [6.07, 6.45) is 4.91. The van der Waals surface area contributed by atoms with E-state index in [4.69, 9.17) is 0 Å². The molecule has 156 valence electrons. The van der Waals surface area contributed by atoms with Gasteiger partial charge in [-0.05, 0) is 26.3 Å². The van der Waals surface area contributed by atoms with Crippen LogP contribution in [-0.4, -0.2) is 0 Å². The third kappa shape index (κ3) is 4.49. The van der Waals surface area contributed by atoms with Gasteiger partial charge >= 0.3 is 0 Å². The second kappa shape index (κ2) is 10.4. The molecule has 0 radical (unpaired) electrons. The smallest absolute Gasteiger partial charge is 0.0441 e. The molecule has 0 bridgehead atoms. The van der Waals surface area contributed by atoms with Gasteiger partial charge in [0.1, 0.15) is 0 Å². The molecule has 0 amide bonds. The van der Waals surface area contributed by atoms with E-state index in [2.05, 4.69) is 107 Å². The Labute approximate surface area is 212 Å². The van der Waals surface area contributed by atoms with Crippen LogP contribution in [0.4, 0.5) is 0 Å². The molecular weight excluding hydrogens is 574 g/mol. The van der Waals surface area contributed by atoms with Crippen LogP contribution in [0.25, 0.3) is 11.1 Å². The van der Waals surface area contributed by atoms with Crippen LogP contribution in [0, 0.1) is 20.8 Å². The molecule has 3 aromatic carbocycles. The molecule has 0 heterocycles. The first-order valence-electron chi connectivity index (χ1n) is 9.71. The normalized spacial score (nSPS) is 14.0. The molecule has 0 unspecified atom stereocenters. The van der Waals surface area contributed by atoms with Crippen molar-refractivity contribution in [3.63, 3.8) is 0 Å². The molecule has 0 saturated carbocycles. The molecule has 0 N–H and O–H groups in total. The molecule has 0 saturated heterocycles. The molecule has 0 fully saturated rings.